The first-order chi connectivity index (χ1) is 14.9. The number of rotatable bonds is 6. The van der Waals surface area contributed by atoms with Gasteiger partial charge >= 0.3 is 0 Å². The SMILES string of the molecule is CC1(C)OCCC(S(=O)(=O)c2ccc(OCc3ccc(Cl)cc3Cl)cc2)C1C(=O)N(N)O. The van der Waals surface area contributed by atoms with Gasteiger partial charge in [-0.1, -0.05) is 29.3 Å². The van der Waals surface area contributed by atoms with E-state index >= 15 is 0 Å². The van der Waals surface area contributed by atoms with Gasteiger partial charge in [-0.3, -0.25) is 10.0 Å². The van der Waals surface area contributed by atoms with Crippen molar-refractivity contribution in [3.8, 4) is 5.75 Å². The Kier molecular flexibility index (Phi) is 7.38. The van der Waals surface area contributed by atoms with Crippen molar-refractivity contribution in [2.24, 2.45) is 11.8 Å². The molecule has 2 aromatic carbocycles. The van der Waals surface area contributed by atoms with Crippen LogP contribution in [0.25, 0.3) is 0 Å². The van der Waals surface area contributed by atoms with Crippen LogP contribution in [0.15, 0.2) is 47.4 Å². The first-order valence-corrected chi connectivity index (χ1v) is 12.1. The predicted octanol–water partition coefficient (Wildman–Crippen LogP) is 3.62. The summed E-state index contributed by atoms with van der Waals surface area (Å²) in [6, 6.07) is 10.9. The molecule has 2 unspecified atom stereocenters. The van der Waals surface area contributed by atoms with Crippen molar-refractivity contribution in [1.29, 1.82) is 0 Å². The first kappa shape index (κ1) is 24.8. The molecule has 11 heteroatoms. The molecule has 2 atom stereocenters. The predicted molar refractivity (Wildman–Crippen MR) is 119 cm³/mol. The Balaban J connectivity index is 1.81. The maximum atomic E-state index is 13.4. The zero-order valence-electron chi connectivity index (χ0n) is 17.5. The molecule has 2 aromatic rings. The number of hydrogen-bond donors (Lipinski definition) is 2. The summed E-state index contributed by atoms with van der Waals surface area (Å²) in [5, 5.41) is 9.25. The van der Waals surface area contributed by atoms with Crippen molar-refractivity contribution in [3.05, 3.63) is 58.1 Å². The molecule has 1 saturated heterocycles. The monoisotopic (exact) mass is 502 g/mol. The average Bonchev–Trinajstić information content (AvgIpc) is 2.72. The quantitative estimate of drug-likeness (QED) is 0.268. The van der Waals surface area contributed by atoms with Gasteiger partial charge in [-0.05, 0) is 56.7 Å². The Hall–Kier alpha value is -1.88. The zero-order chi connectivity index (χ0) is 23.7. The van der Waals surface area contributed by atoms with Gasteiger partial charge in [0.05, 0.1) is 21.7 Å². The third kappa shape index (κ3) is 5.19. The third-order valence-electron chi connectivity index (χ3n) is 5.45. The molecule has 32 heavy (non-hydrogen) atoms. The van der Waals surface area contributed by atoms with Gasteiger partial charge in [0.1, 0.15) is 12.4 Å². The van der Waals surface area contributed by atoms with Crippen molar-refractivity contribution >= 4 is 38.9 Å². The number of carbonyl (C=O) groups excluding carboxylic acids is 1. The topological polar surface area (TPSA) is 119 Å². The van der Waals surface area contributed by atoms with E-state index in [0.29, 0.717) is 15.8 Å². The fourth-order valence-electron chi connectivity index (χ4n) is 3.78. The molecular weight excluding hydrogens is 479 g/mol. The summed E-state index contributed by atoms with van der Waals surface area (Å²) in [4.78, 5) is 12.5. The maximum absolute atomic E-state index is 13.4. The summed E-state index contributed by atoms with van der Waals surface area (Å²) in [6.07, 6.45) is 0.0866. The normalized spacial score (nSPS) is 20.6. The lowest BCUT2D eigenvalue weighted by Gasteiger charge is -2.42. The number of benzene rings is 2. The van der Waals surface area contributed by atoms with E-state index in [1.807, 2.05) is 0 Å². The van der Waals surface area contributed by atoms with Crippen molar-refractivity contribution in [1.82, 2.24) is 5.17 Å². The second-order valence-corrected chi connectivity index (χ2v) is 11.0. The van der Waals surface area contributed by atoms with E-state index in [1.54, 1.807) is 32.0 Å². The number of hydroxylamine groups is 1. The molecule has 1 heterocycles. The van der Waals surface area contributed by atoms with Crippen LogP contribution in [0.3, 0.4) is 0 Å². The summed E-state index contributed by atoms with van der Waals surface area (Å²) < 4.78 is 38.0. The second-order valence-electron chi connectivity index (χ2n) is 7.98. The van der Waals surface area contributed by atoms with Crippen LogP contribution >= 0.6 is 23.2 Å². The smallest absolute Gasteiger partial charge is 0.268 e. The summed E-state index contributed by atoms with van der Waals surface area (Å²) in [5.41, 5.74) is -0.400. The molecule has 3 N–H and O–H groups in total. The van der Waals surface area contributed by atoms with Crippen molar-refractivity contribution in [2.75, 3.05) is 6.61 Å². The number of ether oxygens (including phenoxy) is 2. The highest BCUT2D eigenvalue weighted by atomic mass is 35.5. The highest BCUT2D eigenvalue weighted by Gasteiger charge is 2.51. The highest BCUT2D eigenvalue weighted by molar-refractivity contribution is 7.92. The van der Waals surface area contributed by atoms with E-state index < -0.39 is 32.5 Å². The van der Waals surface area contributed by atoms with Gasteiger partial charge in [0, 0.05) is 22.2 Å². The Morgan fingerprint density at radius 3 is 2.50 bits per heavy atom. The number of amides is 1. The molecule has 1 fully saturated rings. The van der Waals surface area contributed by atoms with Crippen LogP contribution in [-0.4, -0.2) is 42.2 Å². The Bertz CT molecular complexity index is 1090. The molecule has 1 aliphatic heterocycles. The van der Waals surface area contributed by atoms with Gasteiger partial charge in [0.25, 0.3) is 5.91 Å². The fourth-order valence-corrected chi connectivity index (χ4v) is 6.31. The van der Waals surface area contributed by atoms with Crippen molar-refractivity contribution in [2.45, 2.75) is 42.6 Å². The standard InChI is InChI=1S/C21H24Cl2N2O6S/c1-21(2)19(20(26)25(24)27)18(9-10-31-21)32(28,29)16-7-5-15(6-8-16)30-12-13-3-4-14(22)11-17(13)23/h3-8,11,18-19,27H,9-10,12,24H2,1-2H3. The molecule has 3 rings (SSSR count). The van der Waals surface area contributed by atoms with Crippen LogP contribution in [0.4, 0.5) is 0 Å². The molecule has 1 amide bonds. The maximum Gasteiger partial charge on any atom is 0.268 e. The van der Waals surface area contributed by atoms with Gasteiger partial charge in [-0.2, -0.15) is 5.17 Å². The molecule has 174 valence electrons. The van der Waals surface area contributed by atoms with Crippen LogP contribution in [0.1, 0.15) is 25.8 Å². The number of hydrogen-bond acceptors (Lipinski definition) is 7. The van der Waals surface area contributed by atoms with Gasteiger partial charge in [0.2, 0.25) is 0 Å². The molecule has 8 nitrogen and oxygen atoms in total. The lowest BCUT2D eigenvalue weighted by molar-refractivity contribution is -0.187. The van der Waals surface area contributed by atoms with Crippen molar-refractivity contribution < 1.29 is 27.9 Å². The van der Waals surface area contributed by atoms with E-state index in [2.05, 4.69) is 0 Å². The first-order valence-electron chi connectivity index (χ1n) is 9.75. The van der Waals surface area contributed by atoms with E-state index in [9.17, 15) is 18.4 Å². The molecular formula is C21H24Cl2N2O6S. The summed E-state index contributed by atoms with van der Waals surface area (Å²) in [5.74, 6) is 3.54. The Morgan fingerprint density at radius 2 is 1.91 bits per heavy atom. The van der Waals surface area contributed by atoms with Crippen LogP contribution in [0, 0.1) is 5.92 Å². The third-order valence-corrected chi connectivity index (χ3v) is 8.27. The number of nitrogens with zero attached hydrogens (tertiary/aromatic N) is 1. The fraction of sp³-hybridized carbons (Fsp3) is 0.381. The minimum Gasteiger partial charge on any atom is -0.489 e. The Morgan fingerprint density at radius 1 is 1.25 bits per heavy atom. The van der Waals surface area contributed by atoms with Gasteiger partial charge < -0.3 is 9.47 Å². The molecule has 0 spiro atoms. The molecule has 0 aliphatic carbocycles. The molecule has 1 aliphatic rings. The van der Waals surface area contributed by atoms with Gasteiger partial charge in [-0.15, -0.1) is 0 Å². The van der Waals surface area contributed by atoms with E-state index in [0.717, 1.165) is 5.56 Å². The molecule has 0 saturated carbocycles. The van der Waals surface area contributed by atoms with Crippen LogP contribution in [0.5, 0.6) is 5.75 Å². The van der Waals surface area contributed by atoms with Gasteiger partial charge in [-0.25, -0.2) is 14.3 Å². The number of carbonyl (C=O) groups is 1. The van der Waals surface area contributed by atoms with Crippen LogP contribution in [-0.2, 0) is 26.0 Å². The molecule has 0 bridgehead atoms. The number of halogens is 2. The molecule has 0 radical (unpaired) electrons. The van der Waals surface area contributed by atoms with E-state index in [4.69, 9.17) is 38.5 Å². The summed E-state index contributed by atoms with van der Waals surface area (Å²) >= 11 is 12.0. The summed E-state index contributed by atoms with van der Waals surface area (Å²) in [6.45, 7) is 3.52. The van der Waals surface area contributed by atoms with Crippen LogP contribution < -0.4 is 10.6 Å². The minimum absolute atomic E-state index is 0.0244. The largest absolute Gasteiger partial charge is 0.489 e. The second kappa shape index (κ2) is 9.54. The van der Waals surface area contributed by atoms with E-state index in [-0.39, 0.29) is 29.7 Å². The zero-order valence-corrected chi connectivity index (χ0v) is 19.8. The molecule has 0 aromatic heterocycles. The van der Waals surface area contributed by atoms with E-state index in [1.165, 1.54) is 24.3 Å². The van der Waals surface area contributed by atoms with Gasteiger partial charge in [0.15, 0.2) is 9.84 Å². The van der Waals surface area contributed by atoms with Crippen molar-refractivity contribution in [3.63, 3.8) is 0 Å². The minimum atomic E-state index is -3.94. The summed E-state index contributed by atoms with van der Waals surface area (Å²) in [7, 11) is -3.94. The number of hydrazine groups is 1. The number of sulfone groups is 1. The number of nitrogens with two attached hydrogens (primary N) is 1. The van der Waals surface area contributed by atoms with Crippen LogP contribution in [0.2, 0.25) is 10.0 Å². The average molecular weight is 503 g/mol. The Labute approximate surface area is 196 Å². The highest BCUT2D eigenvalue weighted by Crippen LogP contribution is 2.38. The lowest BCUT2D eigenvalue weighted by Crippen LogP contribution is -2.57. The lowest BCUT2D eigenvalue weighted by atomic mass is 9.83.